The summed E-state index contributed by atoms with van der Waals surface area (Å²) >= 11 is 0. The zero-order chi connectivity index (χ0) is 30.4. The monoisotopic (exact) mass is 576 g/mol. The van der Waals surface area contributed by atoms with Gasteiger partial charge >= 0.3 is 18.0 Å². The van der Waals surface area contributed by atoms with Crippen LogP contribution < -0.4 is 0 Å². The van der Waals surface area contributed by atoms with E-state index in [1.54, 1.807) is 24.8 Å². The molecule has 0 aromatic rings. The fraction of sp³-hybridized carbons (Fsp3) is 0.621. The Morgan fingerprint density at radius 2 is 1.70 bits per heavy atom. The third kappa shape index (κ3) is 7.57. The van der Waals surface area contributed by atoms with Crippen molar-refractivity contribution in [2.45, 2.75) is 90.2 Å². The maximum atomic E-state index is 13.4. The number of ketones is 1. The zero-order valence-electron chi connectivity index (χ0n) is 24.9. The summed E-state index contributed by atoms with van der Waals surface area (Å²) in [5.41, 5.74) is 0.395. The number of hydrogen-bond donors (Lipinski definition) is 0. The number of hydrogen-bond acceptors (Lipinski definition) is 8. The first kappa shape index (κ1) is 33.2. The highest BCUT2D eigenvalue weighted by Crippen LogP contribution is 2.41. The molecule has 0 aliphatic carbocycles. The lowest BCUT2D eigenvalue weighted by Gasteiger charge is -2.49. The van der Waals surface area contributed by atoms with Crippen LogP contribution in [-0.2, 0) is 33.1 Å². The lowest BCUT2D eigenvalue weighted by molar-refractivity contribution is -0.179. The second kappa shape index (κ2) is 13.5. The molecule has 0 saturated carbocycles. The smallest absolute Gasteiger partial charge is 0.410 e. The van der Waals surface area contributed by atoms with Crippen molar-refractivity contribution in [3.8, 4) is 0 Å². The molecule has 2 rings (SSSR count). The molecule has 0 N–H and O–H groups in total. The summed E-state index contributed by atoms with van der Waals surface area (Å²) in [6.45, 7) is 21.2. The van der Waals surface area contributed by atoms with Crippen LogP contribution in [0.3, 0.4) is 0 Å². The Morgan fingerprint density at radius 3 is 2.27 bits per heavy atom. The van der Waals surface area contributed by atoms with Crippen LogP contribution in [-0.4, -0.2) is 85.7 Å². The minimum atomic E-state index is -2.29. The Bertz CT molecular complexity index is 1060. The van der Waals surface area contributed by atoms with Crippen molar-refractivity contribution in [3.63, 3.8) is 0 Å². The van der Waals surface area contributed by atoms with Gasteiger partial charge in [0.25, 0.3) is 0 Å². The van der Waals surface area contributed by atoms with Crippen molar-refractivity contribution in [1.29, 1.82) is 0 Å². The van der Waals surface area contributed by atoms with Gasteiger partial charge in [-0.1, -0.05) is 52.2 Å². The highest BCUT2D eigenvalue weighted by molar-refractivity contribution is 6.74. The van der Waals surface area contributed by atoms with E-state index in [4.69, 9.17) is 13.9 Å². The Hall–Kier alpha value is -3.05. The van der Waals surface area contributed by atoms with Crippen molar-refractivity contribution in [2.75, 3.05) is 19.8 Å². The number of likely N-dealkylation sites (tertiary alicyclic amines) is 2. The first-order valence-corrected chi connectivity index (χ1v) is 16.6. The van der Waals surface area contributed by atoms with Crippen LogP contribution in [0.1, 0.15) is 53.9 Å². The summed E-state index contributed by atoms with van der Waals surface area (Å²) in [5.74, 6) is -3.95. The number of esters is 1. The molecule has 3 amide bonds. The van der Waals surface area contributed by atoms with Gasteiger partial charge in [-0.05, 0) is 50.4 Å². The van der Waals surface area contributed by atoms with Crippen molar-refractivity contribution in [2.24, 2.45) is 5.92 Å². The Morgan fingerprint density at radius 1 is 1.10 bits per heavy atom. The molecule has 2 fully saturated rings. The SMILES string of the molecule is C=CCOC(=O)C(=O)N1C(=O)[C@H]([C@@H](C)O[Si](C)(C)C(C)(C)C)[C@H]1CC(=O)/C(C)=C/[C@@H]1CCCN1C(=O)OCC=C. The average molecular weight is 577 g/mol. The summed E-state index contributed by atoms with van der Waals surface area (Å²) in [6, 6.07) is -1.18. The van der Waals surface area contributed by atoms with Crippen LogP contribution in [0, 0.1) is 5.92 Å². The number of imide groups is 1. The number of carbonyl (C=O) groups is 5. The van der Waals surface area contributed by atoms with Gasteiger partial charge in [-0.3, -0.25) is 19.3 Å². The number of Topliss-reactive ketones (excluding diaryl/α,β-unsaturated/α-hetero) is 1. The van der Waals surface area contributed by atoms with Crippen molar-refractivity contribution < 1.29 is 37.9 Å². The normalized spacial score (nSPS) is 22.3. The van der Waals surface area contributed by atoms with Crippen LogP contribution in [0.4, 0.5) is 4.79 Å². The summed E-state index contributed by atoms with van der Waals surface area (Å²) < 4.78 is 16.5. The Kier molecular flexibility index (Phi) is 11.2. The van der Waals surface area contributed by atoms with E-state index in [1.165, 1.54) is 12.2 Å². The molecule has 4 atom stereocenters. The molecule has 2 saturated heterocycles. The predicted octanol–water partition coefficient (Wildman–Crippen LogP) is 4.17. The molecule has 11 heteroatoms. The first-order chi connectivity index (χ1) is 18.6. The van der Waals surface area contributed by atoms with E-state index in [0.717, 1.165) is 11.3 Å². The molecule has 0 aromatic heterocycles. The number of amides is 3. The summed E-state index contributed by atoms with van der Waals surface area (Å²) in [4.78, 5) is 66.6. The van der Waals surface area contributed by atoms with Gasteiger partial charge in [-0.15, -0.1) is 0 Å². The fourth-order valence-electron chi connectivity index (χ4n) is 4.70. The molecule has 2 heterocycles. The zero-order valence-corrected chi connectivity index (χ0v) is 25.9. The van der Waals surface area contributed by atoms with Crippen LogP contribution in [0.15, 0.2) is 37.0 Å². The highest BCUT2D eigenvalue weighted by Gasteiger charge is 2.56. The third-order valence-electron chi connectivity index (χ3n) is 7.92. The highest BCUT2D eigenvalue weighted by atomic mass is 28.4. The average Bonchev–Trinajstić information content (AvgIpc) is 3.32. The molecule has 40 heavy (non-hydrogen) atoms. The van der Waals surface area contributed by atoms with E-state index in [1.807, 2.05) is 0 Å². The molecule has 222 valence electrons. The summed E-state index contributed by atoms with van der Waals surface area (Å²) in [5, 5.41) is -0.122. The van der Waals surface area contributed by atoms with Crippen LogP contribution in [0.5, 0.6) is 0 Å². The first-order valence-electron chi connectivity index (χ1n) is 13.7. The second-order valence-corrected chi connectivity index (χ2v) is 16.6. The van der Waals surface area contributed by atoms with Crippen molar-refractivity contribution in [1.82, 2.24) is 9.80 Å². The predicted molar refractivity (Wildman–Crippen MR) is 153 cm³/mol. The lowest BCUT2D eigenvalue weighted by Crippen LogP contribution is -2.68. The van der Waals surface area contributed by atoms with Crippen molar-refractivity contribution in [3.05, 3.63) is 37.0 Å². The maximum absolute atomic E-state index is 13.4. The Labute approximate surface area is 238 Å². The molecule has 0 aromatic carbocycles. The largest absolute Gasteiger partial charge is 0.454 e. The molecule has 0 unspecified atom stereocenters. The number of nitrogens with zero attached hydrogens (tertiary/aromatic N) is 2. The van der Waals surface area contributed by atoms with Gasteiger partial charge in [-0.25, -0.2) is 9.59 Å². The minimum absolute atomic E-state index is 0.0923. The molecule has 0 radical (unpaired) electrons. The lowest BCUT2D eigenvalue weighted by atomic mass is 9.79. The number of rotatable bonds is 11. The molecule has 2 aliphatic heterocycles. The number of allylic oxidation sites excluding steroid dienone is 1. The molecular formula is C29H44N2O8Si. The van der Waals surface area contributed by atoms with Gasteiger partial charge in [0.15, 0.2) is 14.1 Å². The van der Waals surface area contributed by atoms with Crippen molar-refractivity contribution >= 4 is 38.0 Å². The maximum Gasteiger partial charge on any atom is 0.410 e. The van der Waals surface area contributed by atoms with Gasteiger partial charge < -0.3 is 18.8 Å². The molecule has 2 aliphatic rings. The molecule has 0 spiro atoms. The molecular weight excluding hydrogens is 532 g/mol. The van der Waals surface area contributed by atoms with E-state index < -0.39 is 50.3 Å². The van der Waals surface area contributed by atoms with Crippen LogP contribution >= 0.6 is 0 Å². The van der Waals surface area contributed by atoms with E-state index in [2.05, 4.69) is 47.0 Å². The van der Waals surface area contributed by atoms with E-state index in [-0.39, 0.29) is 36.5 Å². The van der Waals surface area contributed by atoms with Gasteiger partial charge in [0.05, 0.1) is 24.1 Å². The standard InChI is InChI=1S/C29H44N2O8Si/c1-10-15-37-27(35)26(34)31-22(24(25(31)33)20(4)39-40(8,9)29(5,6)7)18-23(32)19(3)17-21-13-12-14-30(21)28(36)38-16-11-2/h10-11,17,20-22,24H,1-2,12-16,18H2,3-9H3/b19-17+/t20-,21+,22-,24-/m1/s1. The second-order valence-electron chi connectivity index (χ2n) is 11.8. The number of ether oxygens (including phenoxy) is 2. The topological polar surface area (TPSA) is 120 Å². The minimum Gasteiger partial charge on any atom is -0.454 e. The Balaban J connectivity index is 2.28. The van der Waals surface area contributed by atoms with Gasteiger partial charge in [0.2, 0.25) is 5.91 Å². The van der Waals surface area contributed by atoms with E-state index in [9.17, 15) is 24.0 Å². The van der Waals surface area contributed by atoms with Crippen LogP contribution in [0.25, 0.3) is 0 Å². The fourth-order valence-corrected chi connectivity index (χ4v) is 6.13. The molecule has 10 nitrogen and oxygen atoms in total. The summed E-state index contributed by atoms with van der Waals surface area (Å²) in [7, 11) is -2.29. The number of β-lactam (4-membered cyclic amide) rings is 1. The van der Waals surface area contributed by atoms with Gasteiger partial charge in [0.1, 0.15) is 13.2 Å². The molecule has 0 bridgehead atoms. The van der Waals surface area contributed by atoms with E-state index in [0.29, 0.717) is 18.5 Å². The quantitative estimate of drug-likeness (QED) is 0.0898. The third-order valence-corrected chi connectivity index (χ3v) is 12.5. The van der Waals surface area contributed by atoms with Crippen LogP contribution in [0.2, 0.25) is 18.1 Å². The van der Waals surface area contributed by atoms with Gasteiger partial charge in [0, 0.05) is 13.0 Å². The van der Waals surface area contributed by atoms with E-state index >= 15 is 0 Å². The van der Waals surface area contributed by atoms with Gasteiger partial charge in [-0.2, -0.15) is 0 Å². The summed E-state index contributed by atoms with van der Waals surface area (Å²) in [6.07, 6.45) is 4.73. The number of carbonyl (C=O) groups excluding carboxylic acids is 5.